The second-order valence-corrected chi connectivity index (χ2v) is 11.6. The Morgan fingerprint density at radius 2 is 1.80 bits per heavy atom. The van der Waals surface area contributed by atoms with Crippen LogP contribution in [0.2, 0.25) is 0 Å². The lowest BCUT2D eigenvalue weighted by atomic mass is 9.47. The molecule has 0 aromatic rings. The molecule has 2 amide bonds. The van der Waals surface area contributed by atoms with E-state index in [2.05, 4.69) is 24.8 Å². The van der Waals surface area contributed by atoms with Crippen molar-refractivity contribution in [3.63, 3.8) is 0 Å². The fraction of sp³-hybridized carbons (Fsp3) is 0.846. The molecule has 1 saturated heterocycles. The largest absolute Gasteiger partial charge is 0.343 e. The predicted octanol–water partition coefficient (Wildman–Crippen LogP) is 4.64. The first kappa shape index (κ1) is 20.6. The van der Waals surface area contributed by atoms with Gasteiger partial charge in [-0.2, -0.15) is 0 Å². The summed E-state index contributed by atoms with van der Waals surface area (Å²) in [5.74, 6) is 3.55. The van der Waals surface area contributed by atoms with Gasteiger partial charge in [0, 0.05) is 39.5 Å². The molecule has 4 aliphatic carbocycles. The molecule has 5 rings (SSSR count). The SMILES string of the molecule is CC(=O)N(C)[C@H]1CC[C@@]2(C)C(=CC[C@@H]3C2CC[C@]24CN(C(C)=O)[C@@H](C)[C@H]2CC[C@@H]34)C1. The van der Waals surface area contributed by atoms with E-state index >= 15 is 0 Å². The summed E-state index contributed by atoms with van der Waals surface area (Å²) in [5.41, 5.74) is 2.35. The van der Waals surface area contributed by atoms with Gasteiger partial charge in [-0.1, -0.05) is 18.6 Å². The zero-order valence-electron chi connectivity index (χ0n) is 19.6. The number of hydrogen-bond donors (Lipinski definition) is 0. The lowest BCUT2D eigenvalue weighted by molar-refractivity contribution is -0.130. The van der Waals surface area contributed by atoms with Crippen molar-refractivity contribution in [1.82, 2.24) is 9.80 Å². The third kappa shape index (κ3) is 2.64. The maximum atomic E-state index is 12.3. The Morgan fingerprint density at radius 1 is 1.07 bits per heavy atom. The monoisotopic (exact) mass is 412 g/mol. The molecule has 0 aromatic carbocycles. The molecule has 166 valence electrons. The number of hydrogen-bond acceptors (Lipinski definition) is 2. The molecule has 0 N–H and O–H groups in total. The molecule has 8 atom stereocenters. The van der Waals surface area contributed by atoms with E-state index in [1.54, 1.807) is 19.4 Å². The zero-order chi connectivity index (χ0) is 21.4. The van der Waals surface area contributed by atoms with Crippen LogP contribution in [-0.4, -0.2) is 47.3 Å². The van der Waals surface area contributed by atoms with Crippen LogP contribution in [0.5, 0.6) is 0 Å². The van der Waals surface area contributed by atoms with E-state index in [9.17, 15) is 9.59 Å². The van der Waals surface area contributed by atoms with Crippen molar-refractivity contribution in [2.45, 2.75) is 91.1 Å². The van der Waals surface area contributed by atoms with Crippen LogP contribution in [-0.2, 0) is 9.59 Å². The van der Waals surface area contributed by atoms with Crippen LogP contribution in [0.3, 0.4) is 0 Å². The minimum atomic E-state index is 0.194. The first-order valence-electron chi connectivity index (χ1n) is 12.4. The van der Waals surface area contributed by atoms with Gasteiger partial charge in [0.1, 0.15) is 0 Å². The molecule has 0 aromatic heterocycles. The fourth-order valence-electron chi connectivity index (χ4n) is 9.19. The highest BCUT2D eigenvalue weighted by Crippen LogP contribution is 2.68. The van der Waals surface area contributed by atoms with Gasteiger partial charge < -0.3 is 9.80 Å². The lowest BCUT2D eigenvalue weighted by Crippen LogP contribution is -2.53. The molecule has 4 fully saturated rings. The average molecular weight is 413 g/mol. The summed E-state index contributed by atoms with van der Waals surface area (Å²) < 4.78 is 0. The quantitative estimate of drug-likeness (QED) is 0.589. The highest BCUT2D eigenvalue weighted by atomic mass is 16.2. The van der Waals surface area contributed by atoms with E-state index in [1.807, 2.05) is 11.9 Å². The lowest BCUT2D eigenvalue weighted by Gasteiger charge is -2.58. The molecule has 1 spiro atoms. The Kier molecular flexibility index (Phi) is 4.69. The Morgan fingerprint density at radius 3 is 2.50 bits per heavy atom. The second kappa shape index (κ2) is 6.84. The number of carbonyl (C=O) groups excluding carboxylic acids is 2. The van der Waals surface area contributed by atoms with Crippen molar-refractivity contribution >= 4 is 11.8 Å². The van der Waals surface area contributed by atoms with Crippen molar-refractivity contribution in [2.24, 2.45) is 34.5 Å². The highest BCUT2D eigenvalue weighted by molar-refractivity contribution is 5.74. The molecular formula is C26H40N2O2. The molecule has 4 heteroatoms. The molecule has 1 aliphatic heterocycles. The van der Waals surface area contributed by atoms with Crippen molar-refractivity contribution in [1.29, 1.82) is 0 Å². The van der Waals surface area contributed by atoms with E-state index in [0.29, 0.717) is 28.8 Å². The Labute approximate surface area is 182 Å². The van der Waals surface area contributed by atoms with Crippen LogP contribution >= 0.6 is 0 Å². The maximum Gasteiger partial charge on any atom is 0.219 e. The minimum absolute atomic E-state index is 0.194. The Hall–Kier alpha value is -1.32. The first-order chi connectivity index (χ1) is 14.2. The van der Waals surface area contributed by atoms with Crippen molar-refractivity contribution in [3.05, 3.63) is 11.6 Å². The van der Waals surface area contributed by atoms with E-state index in [1.165, 1.54) is 38.5 Å². The summed E-state index contributed by atoms with van der Waals surface area (Å²) in [6, 6.07) is 0.802. The topological polar surface area (TPSA) is 40.6 Å². The summed E-state index contributed by atoms with van der Waals surface area (Å²) in [5, 5.41) is 0. The summed E-state index contributed by atoms with van der Waals surface area (Å²) in [7, 11) is 1.98. The smallest absolute Gasteiger partial charge is 0.219 e. The van der Waals surface area contributed by atoms with Crippen LogP contribution in [0, 0.1) is 34.5 Å². The summed E-state index contributed by atoms with van der Waals surface area (Å²) >= 11 is 0. The van der Waals surface area contributed by atoms with Crippen LogP contribution in [0.25, 0.3) is 0 Å². The zero-order valence-corrected chi connectivity index (χ0v) is 19.6. The number of fused-ring (bicyclic) bond motifs is 4. The van der Waals surface area contributed by atoms with Gasteiger partial charge in [0.15, 0.2) is 0 Å². The van der Waals surface area contributed by atoms with E-state index < -0.39 is 0 Å². The van der Waals surface area contributed by atoms with Crippen LogP contribution in [0.4, 0.5) is 0 Å². The van der Waals surface area contributed by atoms with Crippen LogP contribution < -0.4 is 0 Å². The van der Waals surface area contributed by atoms with Gasteiger partial charge in [-0.25, -0.2) is 0 Å². The summed E-state index contributed by atoms with van der Waals surface area (Å²) in [6.45, 7) is 9.33. The number of allylic oxidation sites excluding steroid dienone is 1. The van der Waals surface area contributed by atoms with E-state index in [-0.39, 0.29) is 11.8 Å². The van der Waals surface area contributed by atoms with Gasteiger partial charge in [-0.3, -0.25) is 9.59 Å². The second-order valence-electron chi connectivity index (χ2n) is 11.6. The Balaban J connectivity index is 1.41. The summed E-state index contributed by atoms with van der Waals surface area (Å²) in [6.07, 6.45) is 12.6. The van der Waals surface area contributed by atoms with E-state index in [4.69, 9.17) is 0 Å². The third-order valence-electron chi connectivity index (χ3n) is 10.8. The molecular weight excluding hydrogens is 372 g/mol. The normalized spacial score (nSPS) is 47.0. The molecule has 5 aliphatic rings. The van der Waals surface area contributed by atoms with Crippen molar-refractivity contribution in [3.8, 4) is 0 Å². The molecule has 4 nitrogen and oxygen atoms in total. The first-order valence-corrected chi connectivity index (χ1v) is 12.4. The number of rotatable bonds is 1. The molecule has 3 saturated carbocycles. The number of amides is 2. The standard InChI is InChI=1S/C26H40N2O2/c1-16-22-8-9-24-21-7-6-19-14-20(27(5)17(2)29)10-12-25(19,4)23(21)11-13-26(22,24)15-28(16)18(3)30/h6,16,20-24H,7-15H2,1-5H3/t16-,20-,21+,22+,23?,24-,25-,26-/m0/s1. The molecule has 0 bridgehead atoms. The van der Waals surface area contributed by atoms with Crippen molar-refractivity contribution in [2.75, 3.05) is 13.6 Å². The molecule has 30 heavy (non-hydrogen) atoms. The molecule has 0 radical (unpaired) electrons. The third-order valence-corrected chi connectivity index (χ3v) is 10.8. The average Bonchev–Trinajstić information content (AvgIpc) is 3.21. The van der Waals surface area contributed by atoms with Gasteiger partial charge in [0.25, 0.3) is 0 Å². The number of carbonyl (C=O) groups is 2. The van der Waals surface area contributed by atoms with Gasteiger partial charge in [-0.05, 0) is 92.8 Å². The molecule has 1 unspecified atom stereocenters. The molecule has 1 heterocycles. The van der Waals surface area contributed by atoms with Gasteiger partial charge in [0.05, 0.1) is 0 Å². The Bertz CT molecular complexity index is 790. The highest BCUT2D eigenvalue weighted by Gasteiger charge is 2.64. The minimum Gasteiger partial charge on any atom is -0.343 e. The van der Waals surface area contributed by atoms with Crippen LogP contribution in [0.1, 0.15) is 79.1 Å². The van der Waals surface area contributed by atoms with Crippen LogP contribution in [0.15, 0.2) is 11.6 Å². The fourth-order valence-corrected chi connectivity index (χ4v) is 9.19. The number of nitrogens with zero attached hydrogens (tertiary/aromatic N) is 2. The van der Waals surface area contributed by atoms with Gasteiger partial charge in [0.2, 0.25) is 11.8 Å². The van der Waals surface area contributed by atoms with E-state index in [0.717, 1.165) is 37.1 Å². The van der Waals surface area contributed by atoms with Gasteiger partial charge in [-0.15, -0.1) is 0 Å². The van der Waals surface area contributed by atoms with Crippen molar-refractivity contribution < 1.29 is 9.59 Å². The predicted molar refractivity (Wildman–Crippen MR) is 119 cm³/mol. The van der Waals surface area contributed by atoms with Gasteiger partial charge >= 0.3 is 0 Å². The number of likely N-dealkylation sites (tertiary alicyclic amines) is 1. The summed E-state index contributed by atoms with van der Waals surface area (Å²) in [4.78, 5) is 28.4. The maximum absolute atomic E-state index is 12.3.